The molecular weight excluding hydrogens is 447 g/mol. The van der Waals surface area contributed by atoms with Gasteiger partial charge in [-0.3, -0.25) is 9.69 Å². The van der Waals surface area contributed by atoms with E-state index in [9.17, 15) is 18.0 Å². The molecule has 1 saturated heterocycles. The van der Waals surface area contributed by atoms with Crippen LogP contribution in [0.3, 0.4) is 0 Å². The van der Waals surface area contributed by atoms with Crippen molar-refractivity contribution < 1.29 is 27.4 Å². The molecular formula is C22H20F3NO3S2. The number of carbonyl (C=O) groups excluding carboxylic acids is 1. The highest BCUT2D eigenvalue weighted by Gasteiger charge is 2.31. The Balaban J connectivity index is 1.66. The first-order chi connectivity index (χ1) is 14.7. The van der Waals surface area contributed by atoms with Gasteiger partial charge in [-0.1, -0.05) is 41.7 Å². The molecule has 0 spiro atoms. The van der Waals surface area contributed by atoms with Crippen LogP contribution in [0.1, 0.15) is 23.6 Å². The lowest BCUT2D eigenvalue weighted by molar-refractivity contribution is -0.137. The van der Waals surface area contributed by atoms with Crippen molar-refractivity contribution in [2.75, 3.05) is 19.8 Å². The molecule has 3 rings (SSSR count). The number of benzene rings is 2. The Hall–Kier alpha value is -2.52. The predicted molar refractivity (Wildman–Crippen MR) is 119 cm³/mol. The van der Waals surface area contributed by atoms with Gasteiger partial charge in [0.15, 0.2) is 0 Å². The van der Waals surface area contributed by atoms with E-state index in [1.807, 2.05) is 26.0 Å². The summed E-state index contributed by atoms with van der Waals surface area (Å²) in [5.41, 5.74) is 0.941. The van der Waals surface area contributed by atoms with Gasteiger partial charge in [0.25, 0.3) is 5.91 Å². The molecule has 4 nitrogen and oxygen atoms in total. The van der Waals surface area contributed by atoms with E-state index in [1.165, 1.54) is 28.8 Å². The number of likely N-dealkylation sites (N-methyl/N-ethyl adjacent to an activating group) is 1. The van der Waals surface area contributed by atoms with Gasteiger partial charge in [-0.15, -0.1) is 0 Å². The van der Waals surface area contributed by atoms with Gasteiger partial charge in [0.05, 0.1) is 10.5 Å². The van der Waals surface area contributed by atoms with Crippen LogP contribution < -0.4 is 9.47 Å². The smallest absolute Gasteiger partial charge is 0.416 e. The summed E-state index contributed by atoms with van der Waals surface area (Å²) in [4.78, 5) is 14.5. The third-order valence-corrected chi connectivity index (χ3v) is 5.79. The first-order valence-electron chi connectivity index (χ1n) is 9.48. The monoisotopic (exact) mass is 467 g/mol. The second-order valence-corrected chi connectivity index (χ2v) is 8.37. The number of thiocarbonyl (C=S) groups is 1. The quantitative estimate of drug-likeness (QED) is 0.297. The van der Waals surface area contributed by atoms with E-state index in [4.69, 9.17) is 21.7 Å². The minimum atomic E-state index is -4.43. The van der Waals surface area contributed by atoms with Crippen LogP contribution in [0.5, 0.6) is 11.5 Å². The number of hydrogen-bond donors (Lipinski definition) is 0. The highest BCUT2D eigenvalue weighted by atomic mass is 32.2. The first-order valence-corrected chi connectivity index (χ1v) is 10.7. The molecule has 1 fully saturated rings. The molecule has 0 atom stereocenters. The van der Waals surface area contributed by atoms with Gasteiger partial charge in [-0.05, 0) is 50.3 Å². The number of thioether (sulfide) groups is 1. The predicted octanol–water partition coefficient (Wildman–Crippen LogP) is 5.69. The molecule has 0 aliphatic carbocycles. The maximum atomic E-state index is 12.8. The topological polar surface area (TPSA) is 38.8 Å². The van der Waals surface area contributed by atoms with Crippen molar-refractivity contribution in [2.45, 2.75) is 20.0 Å². The Kier molecular flexibility index (Phi) is 7.27. The summed E-state index contributed by atoms with van der Waals surface area (Å²) in [6, 6.07) is 10.2. The van der Waals surface area contributed by atoms with Crippen molar-refractivity contribution in [1.29, 1.82) is 0 Å². The Morgan fingerprint density at radius 2 is 1.87 bits per heavy atom. The minimum absolute atomic E-state index is 0.0621. The normalized spacial score (nSPS) is 15.6. The van der Waals surface area contributed by atoms with Crippen LogP contribution in [0.15, 0.2) is 47.4 Å². The van der Waals surface area contributed by atoms with Crippen molar-refractivity contribution >= 4 is 40.3 Å². The van der Waals surface area contributed by atoms with Crippen LogP contribution >= 0.6 is 24.0 Å². The Morgan fingerprint density at radius 1 is 1.13 bits per heavy atom. The molecule has 0 saturated carbocycles. The number of carbonyl (C=O) groups is 1. The van der Waals surface area contributed by atoms with Crippen molar-refractivity contribution in [3.8, 4) is 11.5 Å². The van der Waals surface area contributed by atoms with Crippen LogP contribution in [0.4, 0.5) is 13.2 Å². The van der Waals surface area contributed by atoms with Crippen molar-refractivity contribution in [1.82, 2.24) is 4.90 Å². The molecule has 0 unspecified atom stereocenters. The number of hydrogen-bond acceptors (Lipinski definition) is 5. The molecule has 1 aliphatic heterocycles. The third kappa shape index (κ3) is 5.80. The zero-order valence-electron chi connectivity index (χ0n) is 16.9. The Bertz CT molecular complexity index is 1020. The van der Waals surface area contributed by atoms with Gasteiger partial charge < -0.3 is 9.47 Å². The summed E-state index contributed by atoms with van der Waals surface area (Å²) in [7, 11) is 0. The average molecular weight is 468 g/mol. The standard InChI is InChI=1S/C22H20F3NO3S2/c1-3-26-20(27)19(31-21(26)30)12-15-11-14(2)7-8-18(15)29-10-9-28-17-6-4-5-16(13-17)22(23,24)25/h4-8,11-13H,3,9-10H2,1-2H3/b19-12-. The zero-order valence-corrected chi connectivity index (χ0v) is 18.5. The van der Waals surface area contributed by atoms with E-state index in [0.717, 1.165) is 23.3 Å². The fraction of sp³-hybridized carbons (Fsp3) is 0.273. The molecule has 0 bridgehead atoms. The zero-order chi connectivity index (χ0) is 22.6. The summed E-state index contributed by atoms with van der Waals surface area (Å²) in [6.07, 6.45) is -2.68. The van der Waals surface area contributed by atoms with Crippen LogP contribution in [0, 0.1) is 6.92 Å². The summed E-state index contributed by atoms with van der Waals surface area (Å²) in [6.45, 7) is 4.48. The lowest BCUT2D eigenvalue weighted by Crippen LogP contribution is -2.27. The third-order valence-electron chi connectivity index (χ3n) is 4.41. The molecule has 164 valence electrons. The number of ether oxygens (including phenoxy) is 2. The first kappa shape index (κ1) is 23.1. The van der Waals surface area contributed by atoms with Gasteiger partial charge in [0.1, 0.15) is 29.0 Å². The van der Waals surface area contributed by atoms with E-state index in [1.54, 1.807) is 12.1 Å². The molecule has 1 heterocycles. The average Bonchev–Trinajstić information content (AvgIpc) is 2.98. The number of alkyl halides is 3. The molecule has 2 aromatic carbocycles. The van der Waals surface area contributed by atoms with Gasteiger partial charge >= 0.3 is 6.18 Å². The highest BCUT2D eigenvalue weighted by Crippen LogP contribution is 2.34. The van der Waals surface area contributed by atoms with E-state index < -0.39 is 11.7 Å². The molecule has 0 N–H and O–H groups in total. The second kappa shape index (κ2) is 9.74. The van der Waals surface area contributed by atoms with E-state index in [-0.39, 0.29) is 24.9 Å². The fourth-order valence-corrected chi connectivity index (χ4v) is 4.27. The molecule has 1 aliphatic rings. The number of halogens is 3. The molecule has 9 heteroatoms. The number of amides is 1. The Labute approximate surface area is 188 Å². The molecule has 0 aromatic heterocycles. The van der Waals surface area contributed by atoms with Crippen LogP contribution in [-0.4, -0.2) is 34.9 Å². The minimum Gasteiger partial charge on any atom is -0.490 e. The van der Waals surface area contributed by atoms with E-state index >= 15 is 0 Å². The van der Waals surface area contributed by atoms with E-state index in [0.29, 0.717) is 21.5 Å². The second-order valence-electron chi connectivity index (χ2n) is 6.69. The molecule has 0 radical (unpaired) electrons. The lowest BCUT2D eigenvalue weighted by atomic mass is 10.1. The maximum Gasteiger partial charge on any atom is 0.416 e. The summed E-state index contributed by atoms with van der Waals surface area (Å²) >= 11 is 6.48. The SMILES string of the molecule is CCN1C(=O)/C(=C/c2cc(C)ccc2OCCOc2cccc(C(F)(F)F)c2)SC1=S. The van der Waals surface area contributed by atoms with Gasteiger partial charge in [-0.2, -0.15) is 13.2 Å². The van der Waals surface area contributed by atoms with Gasteiger partial charge in [0, 0.05) is 12.1 Å². The molecule has 31 heavy (non-hydrogen) atoms. The van der Waals surface area contributed by atoms with E-state index in [2.05, 4.69) is 0 Å². The number of aryl methyl sites for hydroxylation is 1. The fourth-order valence-electron chi connectivity index (χ4n) is 2.90. The highest BCUT2D eigenvalue weighted by molar-refractivity contribution is 8.26. The largest absolute Gasteiger partial charge is 0.490 e. The van der Waals surface area contributed by atoms with Crippen molar-refractivity contribution in [3.05, 3.63) is 64.1 Å². The Morgan fingerprint density at radius 3 is 2.55 bits per heavy atom. The van der Waals surface area contributed by atoms with Gasteiger partial charge in [0.2, 0.25) is 0 Å². The van der Waals surface area contributed by atoms with Crippen LogP contribution in [-0.2, 0) is 11.0 Å². The van der Waals surface area contributed by atoms with Gasteiger partial charge in [-0.25, -0.2) is 0 Å². The van der Waals surface area contributed by atoms with Crippen LogP contribution in [0.2, 0.25) is 0 Å². The maximum absolute atomic E-state index is 12.8. The van der Waals surface area contributed by atoms with Crippen molar-refractivity contribution in [3.63, 3.8) is 0 Å². The summed E-state index contributed by atoms with van der Waals surface area (Å²) in [5, 5.41) is 0. The summed E-state index contributed by atoms with van der Waals surface area (Å²) < 4.78 is 50.1. The number of rotatable bonds is 7. The van der Waals surface area contributed by atoms with Crippen molar-refractivity contribution in [2.24, 2.45) is 0 Å². The van der Waals surface area contributed by atoms with Crippen LogP contribution in [0.25, 0.3) is 6.08 Å². The molecule has 1 amide bonds. The molecule has 2 aromatic rings. The summed E-state index contributed by atoms with van der Waals surface area (Å²) in [5.74, 6) is 0.517. The lowest BCUT2D eigenvalue weighted by Gasteiger charge is -2.13. The number of nitrogens with zero attached hydrogens (tertiary/aromatic N) is 1.